The summed E-state index contributed by atoms with van der Waals surface area (Å²) in [5.74, 6) is 0.894. The zero-order valence-corrected chi connectivity index (χ0v) is 18.8. The van der Waals surface area contributed by atoms with Crippen LogP contribution in [0.4, 0.5) is 0 Å². The Morgan fingerprint density at radius 1 is 1.00 bits per heavy atom. The van der Waals surface area contributed by atoms with Crippen molar-refractivity contribution in [3.05, 3.63) is 78.0 Å². The molecule has 6 heteroatoms. The number of hydrogen-bond donors (Lipinski definition) is 0. The Morgan fingerprint density at radius 2 is 1.75 bits per heavy atom. The molecule has 0 N–H and O–H groups in total. The highest BCUT2D eigenvalue weighted by molar-refractivity contribution is 5.79. The van der Waals surface area contributed by atoms with E-state index in [9.17, 15) is 4.79 Å². The molecule has 0 atom stereocenters. The van der Waals surface area contributed by atoms with Crippen molar-refractivity contribution < 1.29 is 9.53 Å². The van der Waals surface area contributed by atoms with Gasteiger partial charge in [0.25, 0.3) is 0 Å². The topological polar surface area (TPSA) is 68.2 Å². The Balaban J connectivity index is 1.62. The summed E-state index contributed by atoms with van der Waals surface area (Å²) in [5, 5.41) is 0. The van der Waals surface area contributed by atoms with Crippen LogP contribution in [0.15, 0.2) is 60.9 Å². The zero-order chi connectivity index (χ0) is 22.3. The molecule has 32 heavy (non-hydrogen) atoms. The molecule has 4 rings (SSSR count). The maximum Gasteiger partial charge on any atom is 0.226 e. The maximum atomic E-state index is 13.7. The minimum absolute atomic E-state index is 0.0198. The second-order valence-corrected chi connectivity index (χ2v) is 8.38. The fourth-order valence-electron chi connectivity index (χ4n) is 4.37. The van der Waals surface area contributed by atoms with E-state index in [2.05, 4.69) is 22.1 Å². The third-order valence-electron chi connectivity index (χ3n) is 6.15. The van der Waals surface area contributed by atoms with Gasteiger partial charge in [-0.3, -0.25) is 9.78 Å². The van der Waals surface area contributed by atoms with E-state index < -0.39 is 0 Å². The van der Waals surface area contributed by atoms with Gasteiger partial charge in [0, 0.05) is 37.5 Å². The molecule has 166 valence electrons. The molecule has 2 aromatic heterocycles. The molecule has 1 aliphatic rings. The lowest BCUT2D eigenvalue weighted by Gasteiger charge is -2.32. The van der Waals surface area contributed by atoms with Crippen LogP contribution in [0.25, 0.3) is 11.3 Å². The molecule has 1 aromatic carbocycles. The molecule has 1 fully saturated rings. The number of methoxy groups -OCH3 is 1. The number of aromatic nitrogens is 3. The Hall–Kier alpha value is -3.12. The van der Waals surface area contributed by atoms with Crippen LogP contribution in [0.2, 0.25) is 0 Å². The Kier molecular flexibility index (Phi) is 7.22. The minimum atomic E-state index is 0.0198. The van der Waals surface area contributed by atoms with Crippen LogP contribution in [-0.4, -0.2) is 39.0 Å². The third-order valence-corrected chi connectivity index (χ3v) is 6.15. The SMILES string of the molecule is COC1CCC(C(=O)N(Cc2ccccc2)Cc2nc(C)ncc2-c2ccccn2)CC1. The number of hydrogen-bond acceptors (Lipinski definition) is 5. The van der Waals surface area contributed by atoms with E-state index in [1.54, 1.807) is 13.3 Å². The molecule has 3 aromatic rings. The fourth-order valence-corrected chi connectivity index (χ4v) is 4.37. The van der Waals surface area contributed by atoms with Crippen molar-refractivity contribution in [1.82, 2.24) is 19.9 Å². The average Bonchev–Trinajstić information content (AvgIpc) is 2.84. The van der Waals surface area contributed by atoms with E-state index >= 15 is 0 Å². The first kappa shape index (κ1) is 22.1. The molecule has 2 heterocycles. The summed E-state index contributed by atoms with van der Waals surface area (Å²) in [5.41, 5.74) is 3.61. The summed E-state index contributed by atoms with van der Waals surface area (Å²) < 4.78 is 5.50. The molecule has 0 unspecified atom stereocenters. The van der Waals surface area contributed by atoms with E-state index in [1.807, 2.05) is 54.4 Å². The van der Waals surface area contributed by atoms with Crippen LogP contribution in [0.1, 0.15) is 42.8 Å². The van der Waals surface area contributed by atoms with Crippen LogP contribution < -0.4 is 0 Å². The smallest absolute Gasteiger partial charge is 0.226 e. The zero-order valence-electron chi connectivity index (χ0n) is 18.8. The van der Waals surface area contributed by atoms with E-state index in [0.717, 1.165) is 48.2 Å². The molecule has 6 nitrogen and oxygen atoms in total. The van der Waals surface area contributed by atoms with Gasteiger partial charge < -0.3 is 9.64 Å². The van der Waals surface area contributed by atoms with Crippen molar-refractivity contribution in [3.63, 3.8) is 0 Å². The largest absolute Gasteiger partial charge is 0.381 e. The quantitative estimate of drug-likeness (QED) is 0.549. The second kappa shape index (κ2) is 10.5. The number of carbonyl (C=O) groups excluding carboxylic acids is 1. The van der Waals surface area contributed by atoms with E-state index in [0.29, 0.717) is 18.9 Å². The molecule has 0 bridgehead atoms. The first-order valence-corrected chi connectivity index (χ1v) is 11.2. The number of amides is 1. The first-order valence-electron chi connectivity index (χ1n) is 11.2. The van der Waals surface area contributed by atoms with E-state index in [-0.39, 0.29) is 17.9 Å². The summed E-state index contributed by atoms with van der Waals surface area (Å²) >= 11 is 0. The van der Waals surface area contributed by atoms with Crippen molar-refractivity contribution in [1.29, 1.82) is 0 Å². The van der Waals surface area contributed by atoms with Gasteiger partial charge in [-0.2, -0.15) is 0 Å². The van der Waals surface area contributed by atoms with Gasteiger partial charge in [-0.15, -0.1) is 0 Å². The van der Waals surface area contributed by atoms with E-state index in [1.165, 1.54) is 0 Å². The second-order valence-electron chi connectivity index (χ2n) is 8.38. The summed E-state index contributed by atoms with van der Waals surface area (Å²) in [4.78, 5) is 29.2. The van der Waals surface area contributed by atoms with Crippen molar-refractivity contribution in [2.75, 3.05) is 7.11 Å². The number of carbonyl (C=O) groups is 1. The van der Waals surface area contributed by atoms with Gasteiger partial charge in [-0.1, -0.05) is 36.4 Å². The molecule has 0 aliphatic heterocycles. The van der Waals surface area contributed by atoms with Gasteiger partial charge in [0.1, 0.15) is 5.82 Å². The number of ether oxygens (including phenoxy) is 1. The average molecular weight is 431 g/mol. The molecule has 0 radical (unpaired) electrons. The molecule has 0 spiro atoms. The number of aryl methyl sites for hydroxylation is 1. The third kappa shape index (κ3) is 5.37. The summed E-state index contributed by atoms with van der Waals surface area (Å²) in [6.45, 7) is 2.85. The van der Waals surface area contributed by atoms with Gasteiger partial charge in [-0.25, -0.2) is 9.97 Å². The van der Waals surface area contributed by atoms with Crippen LogP contribution >= 0.6 is 0 Å². The molecule has 1 saturated carbocycles. The lowest BCUT2D eigenvalue weighted by molar-refractivity contribution is -0.138. The van der Waals surface area contributed by atoms with Crippen molar-refractivity contribution in [2.24, 2.45) is 5.92 Å². The van der Waals surface area contributed by atoms with E-state index in [4.69, 9.17) is 9.72 Å². The first-order chi connectivity index (χ1) is 15.6. The lowest BCUT2D eigenvalue weighted by Crippen LogP contribution is -2.38. The molecular formula is C26H30N4O2. The minimum Gasteiger partial charge on any atom is -0.381 e. The van der Waals surface area contributed by atoms with Gasteiger partial charge in [0.2, 0.25) is 5.91 Å². The normalized spacial score (nSPS) is 18.3. The van der Waals surface area contributed by atoms with Crippen molar-refractivity contribution in [2.45, 2.75) is 51.8 Å². The van der Waals surface area contributed by atoms with Crippen molar-refractivity contribution >= 4 is 5.91 Å². The highest BCUT2D eigenvalue weighted by Gasteiger charge is 2.30. The highest BCUT2D eigenvalue weighted by Crippen LogP contribution is 2.29. The number of nitrogens with zero attached hydrogens (tertiary/aromatic N) is 4. The number of rotatable bonds is 7. The van der Waals surface area contributed by atoms with Gasteiger partial charge in [0.05, 0.1) is 24.0 Å². The predicted octanol–water partition coefficient (Wildman–Crippen LogP) is 4.58. The van der Waals surface area contributed by atoms with Gasteiger partial charge in [-0.05, 0) is 50.3 Å². The highest BCUT2D eigenvalue weighted by atomic mass is 16.5. The number of benzene rings is 1. The van der Waals surface area contributed by atoms with Crippen LogP contribution in [0.3, 0.4) is 0 Å². The number of pyridine rings is 1. The monoisotopic (exact) mass is 430 g/mol. The Labute approximate surface area is 189 Å². The fraction of sp³-hybridized carbons (Fsp3) is 0.385. The Bertz CT molecular complexity index is 1020. The van der Waals surface area contributed by atoms with Crippen LogP contribution in [0.5, 0.6) is 0 Å². The lowest BCUT2D eigenvalue weighted by atomic mass is 9.86. The standard InChI is InChI=1S/C26H30N4O2/c1-19-28-16-23(24-10-6-7-15-27-24)25(29-19)18-30(17-20-8-4-3-5-9-20)26(31)21-11-13-22(32-2)14-12-21/h3-10,15-16,21-22H,11-14,17-18H2,1-2H3. The molecular weight excluding hydrogens is 400 g/mol. The summed E-state index contributed by atoms with van der Waals surface area (Å²) in [7, 11) is 1.76. The van der Waals surface area contributed by atoms with Gasteiger partial charge >= 0.3 is 0 Å². The predicted molar refractivity (Wildman–Crippen MR) is 123 cm³/mol. The van der Waals surface area contributed by atoms with Crippen molar-refractivity contribution in [3.8, 4) is 11.3 Å². The van der Waals surface area contributed by atoms with Crippen LogP contribution in [0, 0.1) is 12.8 Å². The molecule has 1 amide bonds. The summed E-state index contributed by atoms with van der Waals surface area (Å²) in [6.07, 6.45) is 7.42. The molecule has 0 saturated heterocycles. The summed E-state index contributed by atoms with van der Waals surface area (Å²) in [6, 6.07) is 15.9. The Morgan fingerprint density at radius 3 is 2.44 bits per heavy atom. The van der Waals surface area contributed by atoms with Gasteiger partial charge in [0.15, 0.2) is 0 Å². The maximum absolute atomic E-state index is 13.7. The molecule has 1 aliphatic carbocycles. The van der Waals surface area contributed by atoms with Crippen LogP contribution in [-0.2, 0) is 22.6 Å².